The number of piperazine rings is 1. The van der Waals surface area contributed by atoms with Crippen LogP contribution >= 0.6 is 0 Å². The van der Waals surface area contributed by atoms with Crippen LogP contribution in [-0.4, -0.2) is 31.2 Å². The fourth-order valence-corrected chi connectivity index (χ4v) is 2.32. The summed E-state index contributed by atoms with van der Waals surface area (Å²) < 4.78 is 5.74. The third-order valence-corrected chi connectivity index (χ3v) is 3.43. The van der Waals surface area contributed by atoms with Gasteiger partial charge in [-0.15, -0.1) is 0 Å². The van der Waals surface area contributed by atoms with Crippen molar-refractivity contribution >= 4 is 5.69 Å². The van der Waals surface area contributed by atoms with Gasteiger partial charge in [0, 0.05) is 38.1 Å². The molecule has 4 heteroatoms. The lowest BCUT2D eigenvalue weighted by molar-refractivity contribution is 0.301. The predicted molar refractivity (Wildman–Crippen MR) is 80.1 cm³/mol. The van der Waals surface area contributed by atoms with E-state index in [1.165, 1.54) is 5.69 Å². The molecular weight excluding hydrogens is 250 g/mol. The van der Waals surface area contributed by atoms with E-state index < -0.39 is 0 Å². The maximum absolute atomic E-state index is 5.74. The van der Waals surface area contributed by atoms with Gasteiger partial charge in [0.1, 0.15) is 12.4 Å². The number of nitrogens with one attached hydrogen (secondary N) is 1. The molecule has 0 bridgehead atoms. The molecule has 1 aromatic heterocycles. The van der Waals surface area contributed by atoms with E-state index in [0.717, 1.165) is 37.6 Å². The molecular formula is C16H19N3O. The molecule has 1 aliphatic heterocycles. The average Bonchev–Trinajstić information content (AvgIpc) is 2.55. The Kier molecular flexibility index (Phi) is 4.13. The van der Waals surface area contributed by atoms with Crippen LogP contribution in [0.15, 0.2) is 48.7 Å². The van der Waals surface area contributed by atoms with Crippen LogP contribution in [-0.2, 0) is 6.61 Å². The van der Waals surface area contributed by atoms with E-state index in [1.807, 2.05) is 30.3 Å². The number of anilines is 1. The summed E-state index contributed by atoms with van der Waals surface area (Å²) in [6, 6.07) is 14.2. The number of pyridine rings is 1. The summed E-state index contributed by atoms with van der Waals surface area (Å²) in [5.74, 6) is 0.884. The molecule has 20 heavy (non-hydrogen) atoms. The molecule has 1 saturated heterocycles. The average molecular weight is 269 g/mol. The van der Waals surface area contributed by atoms with Crippen LogP contribution in [0.5, 0.6) is 5.75 Å². The molecule has 1 aliphatic rings. The molecule has 104 valence electrons. The highest BCUT2D eigenvalue weighted by molar-refractivity contribution is 5.49. The van der Waals surface area contributed by atoms with Gasteiger partial charge in [0.05, 0.1) is 5.69 Å². The topological polar surface area (TPSA) is 37.4 Å². The number of hydrogen-bond acceptors (Lipinski definition) is 4. The minimum Gasteiger partial charge on any atom is -0.487 e. The zero-order valence-electron chi connectivity index (χ0n) is 11.5. The Labute approximate surface area is 119 Å². The maximum Gasteiger partial charge on any atom is 0.130 e. The second kappa shape index (κ2) is 6.39. The normalized spacial score (nSPS) is 15.1. The van der Waals surface area contributed by atoms with E-state index in [1.54, 1.807) is 6.20 Å². The third-order valence-electron chi connectivity index (χ3n) is 3.43. The van der Waals surface area contributed by atoms with Crippen LogP contribution in [0.3, 0.4) is 0 Å². The summed E-state index contributed by atoms with van der Waals surface area (Å²) >= 11 is 0. The summed E-state index contributed by atoms with van der Waals surface area (Å²) in [5, 5.41) is 3.36. The molecule has 0 atom stereocenters. The number of aromatic nitrogens is 1. The van der Waals surface area contributed by atoms with Gasteiger partial charge in [0.25, 0.3) is 0 Å². The summed E-state index contributed by atoms with van der Waals surface area (Å²) in [6.45, 7) is 4.74. The van der Waals surface area contributed by atoms with Gasteiger partial charge >= 0.3 is 0 Å². The van der Waals surface area contributed by atoms with Crippen molar-refractivity contribution in [3.8, 4) is 5.75 Å². The van der Waals surface area contributed by atoms with Gasteiger partial charge in [0.15, 0.2) is 0 Å². The third kappa shape index (κ3) is 3.27. The minimum absolute atomic E-state index is 0.508. The van der Waals surface area contributed by atoms with Gasteiger partial charge in [-0.25, -0.2) is 0 Å². The van der Waals surface area contributed by atoms with Gasteiger partial charge in [-0.1, -0.05) is 6.07 Å². The Morgan fingerprint density at radius 3 is 2.55 bits per heavy atom. The van der Waals surface area contributed by atoms with E-state index in [2.05, 4.69) is 27.3 Å². The first kappa shape index (κ1) is 12.9. The van der Waals surface area contributed by atoms with Crippen LogP contribution in [0.2, 0.25) is 0 Å². The number of rotatable bonds is 4. The first-order chi connectivity index (χ1) is 9.92. The highest BCUT2D eigenvalue weighted by atomic mass is 16.5. The van der Waals surface area contributed by atoms with Crippen LogP contribution in [0.4, 0.5) is 5.69 Å². The van der Waals surface area contributed by atoms with Gasteiger partial charge < -0.3 is 15.0 Å². The molecule has 1 N–H and O–H groups in total. The molecule has 2 heterocycles. The largest absolute Gasteiger partial charge is 0.487 e. The SMILES string of the molecule is c1ccc(COc2ccc(N3CCNCC3)cc2)nc1. The van der Waals surface area contributed by atoms with E-state index in [0.29, 0.717) is 6.61 Å². The highest BCUT2D eigenvalue weighted by Crippen LogP contribution is 2.20. The van der Waals surface area contributed by atoms with Crippen LogP contribution in [0.25, 0.3) is 0 Å². The van der Waals surface area contributed by atoms with Gasteiger partial charge in [-0.3, -0.25) is 4.98 Å². The van der Waals surface area contributed by atoms with Gasteiger partial charge in [-0.05, 0) is 36.4 Å². The molecule has 0 saturated carbocycles. The Morgan fingerprint density at radius 1 is 1.05 bits per heavy atom. The Hall–Kier alpha value is -2.07. The minimum atomic E-state index is 0.508. The second-order valence-electron chi connectivity index (χ2n) is 4.84. The smallest absolute Gasteiger partial charge is 0.130 e. The van der Waals surface area contributed by atoms with Crippen molar-refractivity contribution in [2.75, 3.05) is 31.1 Å². The highest BCUT2D eigenvalue weighted by Gasteiger charge is 2.09. The lowest BCUT2D eigenvalue weighted by Gasteiger charge is -2.29. The van der Waals surface area contributed by atoms with Crippen molar-refractivity contribution in [2.45, 2.75) is 6.61 Å². The van der Waals surface area contributed by atoms with E-state index in [-0.39, 0.29) is 0 Å². The van der Waals surface area contributed by atoms with E-state index >= 15 is 0 Å². The van der Waals surface area contributed by atoms with E-state index in [9.17, 15) is 0 Å². The number of ether oxygens (including phenoxy) is 1. The fraction of sp³-hybridized carbons (Fsp3) is 0.312. The molecule has 0 spiro atoms. The molecule has 0 aliphatic carbocycles. The molecule has 3 rings (SSSR count). The van der Waals surface area contributed by atoms with Crippen LogP contribution in [0.1, 0.15) is 5.69 Å². The quantitative estimate of drug-likeness (QED) is 0.922. The zero-order valence-corrected chi connectivity index (χ0v) is 11.5. The number of hydrogen-bond donors (Lipinski definition) is 1. The predicted octanol–water partition coefficient (Wildman–Crippen LogP) is 2.07. The van der Waals surface area contributed by atoms with Gasteiger partial charge in [0.2, 0.25) is 0 Å². The summed E-state index contributed by atoms with van der Waals surface area (Å²) in [7, 11) is 0. The molecule has 4 nitrogen and oxygen atoms in total. The van der Waals surface area contributed by atoms with Crippen LogP contribution in [0, 0.1) is 0 Å². The zero-order chi connectivity index (χ0) is 13.6. The molecule has 0 radical (unpaired) electrons. The van der Waals surface area contributed by atoms with Crippen LogP contribution < -0.4 is 15.0 Å². The Morgan fingerprint density at radius 2 is 1.85 bits per heavy atom. The standard InChI is InChI=1S/C16H19N3O/c1-2-8-18-14(3-1)13-20-16-6-4-15(5-7-16)19-11-9-17-10-12-19/h1-8,17H,9-13H2. The lowest BCUT2D eigenvalue weighted by Crippen LogP contribution is -2.43. The van der Waals surface area contributed by atoms with Crippen molar-refractivity contribution < 1.29 is 4.74 Å². The van der Waals surface area contributed by atoms with Crippen molar-refractivity contribution in [3.63, 3.8) is 0 Å². The van der Waals surface area contributed by atoms with Crippen molar-refractivity contribution in [1.29, 1.82) is 0 Å². The molecule has 2 aromatic rings. The molecule has 0 amide bonds. The monoisotopic (exact) mass is 269 g/mol. The summed E-state index contributed by atoms with van der Waals surface area (Å²) in [4.78, 5) is 6.63. The first-order valence-corrected chi connectivity index (χ1v) is 7.00. The molecule has 1 fully saturated rings. The number of nitrogens with zero attached hydrogens (tertiary/aromatic N) is 2. The Bertz CT molecular complexity index is 521. The molecule has 0 unspecified atom stereocenters. The first-order valence-electron chi connectivity index (χ1n) is 7.00. The van der Waals surface area contributed by atoms with E-state index in [4.69, 9.17) is 4.74 Å². The Balaban J connectivity index is 1.58. The lowest BCUT2D eigenvalue weighted by atomic mass is 10.2. The second-order valence-corrected chi connectivity index (χ2v) is 4.84. The maximum atomic E-state index is 5.74. The summed E-state index contributed by atoms with van der Waals surface area (Å²) in [5.41, 5.74) is 2.20. The summed E-state index contributed by atoms with van der Waals surface area (Å²) in [6.07, 6.45) is 1.78. The van der Waals surface area contributed by atoms with Crippen molar-refractivity contribution in [1.82, 2.24) is 10.3 Å². The fourth-order valence-electron chi connectivity index (χ4n) is 2.32. The molecule has 1 aromatic carbocycles. The van der Waals surface area contributed by atoms with Gasteiger partial charge in [-0.2, -0.15) is 0 Å². The van der Waals surface area contributed by atoms with Crippen molar-refractivity contribution in [3.05, 3.63) is 54.4 Å². The van der Waals surface area contributed by atoms with Crippen molar-refractivity contribution in [2.24, 2.45) is 0 Å². The number of benzene rings is 1.